The summed E-state index contributed by atoms with van der Waals surface area (Å²) in [5, 5.41) is 7.36. The van der Waals surface area contributed by atoms with Crippen LogP contribution in [0.3, 0.4) is 0 Å². The number of hydrogen-bond acceptors (Lipinski definition) is 3. The van der Waals surface area contributed by atoms with Gasteiger partial charge in [-0.25, -0.2) is 0 Å². The number of fused-ring (bicyclic) bond motifs is 7. The monoisotopic (exact) mass is 719 g/mol. The summed E-state index contributed by atoms with van der Waals surface area (Å²) in [5.41, 5.74) is 12.1. The van der Waals surface area contributed by atoms with Gasteiger partial charge >= 0.3 is 0 Å². The lowest BCUT2D eigenvalue weighted by Crippen LogP contribution is -2.10. The fraction of sp³-hybridized carbons (Fsp3) is 0. The molecule has 0 unspecified atom stereocenters. The largest absolute Gasteiger partial charge is 0.454 e. The van der Waals surface area contributed by atoms with Crippen LogP contribution >= 0.6 is 11.3 Å². The highest BCUT2D eigenvalue weighted by Gasteiger charge is 2.20. The van der Waals surface area contributed by atoms with E-state index in [-0.39, 0.29) is 0 Å². The number of benzene rings is 9. The highest BCUT2D eigenvalue weighted by Crippen LogP contribution is 2.44. The molecule has 0 aliphatic carbocycles. The molecule has 3 heteroatoms. The lowest BCUT2D eigenvalue weighted by atomic mass is 9.95. The third-order valence-electron chi connectivity index (χ3n) is 10.9. The van der Waals surface area contributed by atoms with Crippen LogP contribution in [0, 0.1) is 0 Å². The Morgan fingerprint density at radius 1 is 0.382 bits per heavy atom. The van der Waals surface area contributed by atoms with Crippen molar-refractivity contribution in [3.05, 3.63) is 200 Å². The van der Waals surface area contributed by atoms with Gasteiger partial charge in [-0.05, 0) is 98.8 Å². The molecule has 258 valence electrons. The number of furan rings is 1. The van der Waals surface area contributed by atoms with E-state index in [1.54, 1.807) is 0 Å². The molecular formula is C52H33NOS. The molecule has 2 aromatic heterocycles. The van der Waals surface area contributed by atoms with Gasteiger partial charge in [0.2, 0.25) is 0 Å². The number of nitrogens with zero attached hydrogens (tertiary/aromatic N) is 1. The summed E-state index contributed by atoms with van der Waals surface area (Å²) in [4.78, 5) is 2.32. The van der Waals surface area contributed by atoms with Gasteiger partial charge in [-0.15, -0.1) is 11.3 Å². The normalized spacial score (nSPS) is 11.6. The summed E-state index contributed by atoms with van der Waals surface area (Å²) in [7, 11) is 0. The van der Waals surface area contributed by atoms with Crippen LogP contribution < -0.4 is 4.90 Å². The van der Waals surface area contributed by atoms with E-state index in [0.29, 0.717) is 0 Å². The van der Waals surface area contributed by atoms with Crippen LogP contribution in [0.4, 0.5) is 17.1 Å². The van der Waals surface area contributed by atoms with Crippen molar-refractivity contribution in [3.63, 3.8) is 0 Å². The Balaban J connectivity index is 1.02. The van der Waals surface area contributed by atoms with Crippen molar-refractivity contribution < 1.29 is 4.42 Å². The highest BCUT2D eigenvalue weighted by molar-refractivity contribution is 7.25. The number of rotatable bonds is 6. The number of thiophene rings is 1. The Bertz CT molecular complexity index is 3200. The third-order valence-corrected chi connectivity index (χ3v) is 12.0. The minimum atomic E-state index is 0.870. The molecule has 0 amide bonds. The lowest BCUT2D eigenvalue weighted by molar-refractivity contribution is 0.669. The molecule has 0 atom stereocenters. The van der Waals surface area contributed by atoms with E-state index in [1.807, 2.05) is 23.5 Å². The van der Waals surface area contributed by atoms with Crippen molar-refractivity contribution in [1.82, 2.24) is 0 Å². The van der Waals surface area contributed by atoms with Gasteiger partial charge in [-0.2, -0.15) is 0 Å². The minimum Gasteiger partial charge on any atom is -0.454 e. The fourth-order valence-electron chi connectivity index (χ4n) is 8.29. The highest BCUT2D eigenvalue weighted by atomic mass is 32.1. The van der Waals surface area contributed by atoms with E-state index in [2.05, 4.69) is 193 Å². The Morgan fingerprint density at radius 3 is 1.84 bits per heavy atom. The average Bonchev–Trinajstić information content (AvgIpc) is 3.83. The maximum Gasteiger partial charge on any atom is 0.159 e. The van der Waals surface area contributed by atoms with Crippen LogP contribution in [-0.2, 0) is 0 Å². The Labute approximate surface area is 322 Å². The summed E-state index contributed by atoms with van der Waals surface area (Å²) in [5.74, 6) is 0. The van der Waals surface area contributed by atoms with Gasteiger partial charge in [0.05, 0.1) is 5.69 Å². The molecule has 11 rings (SSSR count). The van der Waals surface area contributed by atoms with Crippen molar-refractivity contribution in [2.24, 2.45) is 0 Å². The van der Waals surface area contributed by atoms with Gasteiger partial charge in [0, 0.05) is 42.3 Å². The van der Waals surface area contributed by atoms with Gasteiger partial charge in [0.25, 0.3) is 0 Å². The number of hydrogen-bond donors (Lipinski definition) is 0. The first-order valence-corrected chi connectivity index (χ1v) is 19.5. The van der Waals surface area contributed by atoms with Crippen LogP contribution in [0.25, 0.3) is 86.3 Å². The maximum atomic E-state index is 6.62. The fourth-order valence-corrected chi connectivity index (χ4v) is 9.42. The smallest absolute Gasteiger partial charge is 0.159 e. The van der Waals surface area contributed by atoms with Gasteiger partial charge < -0.3 is 9.32 Å². The summed E-state index contributed by atoms with van der Waals surface area (Å²) in [6.45, 7) is 0. The van der Waals surface area contributed by atoms with Gasteiger partial charge in [-0.1, -0.05) is 146 Å². The van der Waals surface area contributed by atoms with E-state index >= 15 is 0 Å². The molecule has 2 heterocycles. The zero-order valence-corrected chi connectivity index (χ0v) is 30.6. The second-order valence-electron chi connectivity index (χ2n) is 14.1. The molecule has 0 spiro atoms. The molecule has 0 aliphatic rings. The topological polar surface area (TPSA) is 16.4 Å². The number of para-hydroxylation sites is 2. The van der Waals surface area contributed by atoms with Gasteiger partial charge in [0.1, 0.15) is 5.58 Å². The second kappa shape index (κ2) is 12.9. The Morgan fingerprint density at radius 2 is 0.982 bits per heavy atom. The number of anilines is 3. The Kier molecular flexibility index (Phi) is 7.39. The van der Waals surface area contributed by atoms with Crippen LogP contribution in [0.1, 0.15) is 0 Å². The van der Waals surface area contributed by atoms with Crippen molar-refractivity contribution in [3.8, 4) is 33.4 Å². The first-order valence-electron chi connectivity index (χ1n) is 18.7. The zero-order chi connectivity index (χ0) is 36.3. The van der Waals surface area contributed by atoms with E-state index < -0.39 is 0 Å². The molecule has 0 saturated carbocycles. The lowest BCUT2D eigenvalue weighted by Gasteiger charge is -2.26. The Hall–Kier alpha value is -6.94. The van der Waals surface area contributed by atoms with E-state index in [4.69, 9.17) is 4.42 Å². The van der Waals surface area contributed by atoms with Crippen molar-refractivity contribution in [1.29, 1.82) is 0 Å². The van der Waals surface area contributed by atoms with Crippen LogP contribution in [0.15, 0.2) is 205 Å². The molecule has 0 saturated heterocycles. The molecule has 0 N–H and O–H groups in total. The first kappa shape index (κ1) is 31.6. The molecule has 2 nitrogen and oxygen atoms in total. The van der Waals surface area contributed by atoms with Crippen molar-refractivity contribution in [2.45, 2.75) is 0 Å². The van der Waals surface area contributed by atoms with Crippen molar-refractivity contribution in [2.75, 3.05) is 4.90 Å². The van der Waals surface area contributed by atoms with E-state index in [1.165, 1.54) is 64.3 Å². The molecule has 55 heavy (non-hydrogen) atoms. The van der Waals surface area contributed by atoms with Gasteiger partial charge in [-0.3, -0.25) is 0 Å². The molecule has 9 aromatic carbocycles. The van der Waals surface area contributed by atoms with Crippen LogP contribution in [-0.4, -0.2) is 0 Å². The SMILES string of the molecule is c1cc(-c2ccc(N(c3ccc(-c4cccc5sc6ccccc6c45)cc3)c3cccc4c3oc3ccccc34)cc2)cc(-c2cccc3ccccc23)c1. The molecular weight excluding hydrogens is 687 g/mol. The molecule has 0 radical (unpaired) electrons. The zero-order valence-electron chi connectivity index (χ0n) is 29.8. The average molecular weight is 720 g/mol. The third kappa shape index (κ3) is 5.32. The first-order chi connectivity index (χ1) is 27.3. The molecule has 0 fully saturated rings. The second-order valence-corrected chi connectivity index (χ2v) is 15.1. The summed E-state index contributed by atoms with van der Waals surface area (Å²) < 4.78 is 9.24. The molecule has 0 bridgehead atoms. The van der Waals surface area contributed by atoms with Crippen LogP contribution in [0.2, 0.25) is 0 Å². The molecule has 0 aliphatic heterocycles. The standard InChI is InChI=1S/C52H33NOS/c1-2-15-41-35(11-1)12-8-18-42(41)38-14-7-13-37(33-38)34-25-29-39(30-26-34)53(47-21-9-20-45-44-16-3-5-22-48(44)54-52(45)47)40-31-27-36(28-32-40)43-19-10-24-50-51(43)46-17-4-6-23-49(46)55-50/h1-33H. The summed E-state index contributed by atoms with van der Waals surface area (Å²) in [6.07, 6.45) is 0. The van der Waals surface area contributed by atoms with Crippen molar-refractivity contribution >= 4 is 81.3 Å². The quantitative estimate of drug-likeness (QED) is 0.170. The minimum absolute atomic E-state index is 0.870. The predicted octanol–water partition coefficient (Wildman–Crippen LogP) is 15.6. The van der Waals surface area contributed by atoms with Crippen LogP contribution in [0.5, 0.6) is 0 Å². The molecule has 11 aromatic rings. The summed E-state index contributed by atoms with van der Waals surface area (Å²) >= 11 is 1.86. The predicted molar refractivity (Wildman–Crippen MR) is 235 cm³/mol. The van der Waals surface area contributed by atoms with E-state index in [0.717, 1.165) is 39.0 Å². The van der Waals surface area contributed by atoms with E-state index in [9.17, 15) is 0 Å². The summed E-state index contributed by atoms with van der Waals surface area (Å²) in [6, 6.07) is 72.1. The van der Waals surface area contributed by atoms with Gasteiger partial charge in [0.15, 0.2) is 5.58 Å². The maximum absolute atomic E-state index is 6.62.